The van der Waals surface area contributed by atoms with Crippen molar-refractivity contribution in [2.75, 3.05) is 6.61 Å². The Hall–Kier alpha value is -1.32. The molecule has 146 valence electrons. The van der Waals surface area contributed by atoms with Crippen molar-refractivity contribution in [1.29, 1.82) is 0 Å². The van der Waals surface area contributed by atoms with Crippen molar-refractivity contribution in [3.05, 3.63) is 12.2 Å². The molecular weight excluding hydrogens is 316 g/mol. The van der Waals surface area contributed by atoms with Gasteiger partial charge in [-0.15, -0.1) is 0 Å². The van der Waals surface area contributed by atoms with Crippen LogP contribution in [-0.2, 0) is 14.3 Å². The summed E-state index contributed by atoms with van der Waals surface area (Å²) in [4.78, 5) is 21.3. The van der Waals surface area contributed by atoms with Crippen molar-refractivity contribution in [2.24, 2.45) is 0 Å². The number of hydrogen-bond donors (Lipinski definition) is 1. The van der Waals surface area contributed by atoms with Crippen LogP contribution >= 0.6 is 0 Å². The number of rotatable bonds is 18. The molecule has 0 aliphatic heterocycles. The molecule has 0 aromatic heterocycles. The van der Waals surface area contributed by atoms with E-state index >= 15 is 0 Å². The van der Waals surface area contributed by atoms with Gasteiger partial charge in [0, 0.05) is 12.8 Å². The van der Waals surface area contributed by atoms with E-state index in [0.29, 0.717) is 19.4 Å². The van der Waals surface area contributed by atoms with Crippen LogP contribution in [0.4, 0.5) is 0 Å². The highest BCUT2D eigenvalue weighted by atomic mass is 16.5. The number of aliphatic carboxylic acids is 1. The first-order valence-corrected chi connectivity index (χ1v) is 10.2. The molecule has 25 heavy (non-hydrogen) atoms. The molecular formula is C21H38O4. The summed E-state index contributed by atoms with van der Waals surface area (Å²) in [6.07, 6.45) is 20.3. The number of hydrogen-bond acceptors (Lipinski definition) is 3. The molecule has 0 saturated heterocycles. The van der Waals surface area contributed by atoms with Crippen molar-refractivity contribution in [2.45, 2.75) is 103 Å². The standard InChI is InChI=1S/C21H38O4/c1-2-21(24)25-19-17-15-13-11-9-7-5-3-4-6-8-10-12-14-16-18-20(22)23/h3-4H,2,5-19H2,1H3,(H,22,23). The summed E-state index contributed by atoms with van der Waals surface area (Å²) in [5.41, 5.74) is 0. The molecule has 0 spiro atoms. The fraction of sp³-hybridized carbons (Fsp3) is 0.810. The van der Waals surface area contributed by atoms with Crippen LogP contribution in [0, 0.1) is 0 Å². The maximum Gasteiger partial charge on any atom is 0.305 e. The Morgan fingerprint density at radius 1 is 0.760 bits per heavy atom. The van der Waals surface area contributed by atoms with Gasteiger partial charge >= 0.3 is 11.9 Å². The number of unbranched alkanes of at least 4 members (excludes halogenated alkanes) is 11. The number of allylic oxidation sites excluding steroid dienone is 2. The van der Waals surface area contributed by atoms with Crippen molar-refractivity contribution in [3.63, 3.8) is 0 Å². The summed E-state index contributed by atoms with van der Waals surface area (Å²) in [5, 5.41) is 8.54. The summed E-state index contributed by atoms with van der Waals surface area (Å²) in [6.45, 7) is 2.40. The third-order valence-electron chi connectivity index (χ3n) is 4.24. The maximum absolute atomic E-state index is 10.9. The largest absolute Gasteiger partial charge is 0.481 e. The van der Waals surface area contributed by atoms with Gasteiger partial charge in [0.2, 0.25) is 0 Å². The maximum atomic E-state index is 10.9. The zero-order valence-electron chi connectivity index (χ0n) is 16.1. The highest BCUT2D eigenvalue weighted by Gasteiger charge is 1.97. The first kappa shape index (κ1) is 23.7. The Balaban J connectivity index is 3.13. The molecule has 0 aromatic carbocycles. The van der Waals surface area contributed by atoms with Gasteiger partial charge < -0.3 is 9.84 Å². The van der Waals surface area contributed by atoms with E-state index in [2.05, 4.69) is 12.2 Å². The molecule has 0 unspecified atom stereocenters. The van der Waals surface area contributed by atoms with Crippen LogP contribution in [0.15, 0.2) is 12.2 Å². The predicted molar refractivity (Wildman–Crippen MR) is 103 cm³/mol. The average Bonchev–Trinajstić information content (AvgIpc) is 2.60. The highest BCUT2D eigenvalue weighted by molar-refractivity contribution is 5.68. The topological polar surface area (TPSA) is 63.6 Å². The molecule has 4 heteroatoms. The van der Waals surface area contributed by atoms with E-state index in [0.717, 1.165) is 38.5 Å². The fourth-order valence-electron chi connectivity index (χ4n) is 2.66. The minimum Gasteiger partial charge on any atom is -0.481 e. The molecule has 0 aliphatic rings. The highest BCUT2D eigenvalue weighted by Crippen LogP contribution is 2.10. The van der Waals surface area contributed by atoms with E-state index < -0.39 is 5.97 Å². The monoisotopic (exact) mass is 354 g/mol. The molecule has 1 N–H and O–H groups in total. The van der Waals surface area contributed by atoms with E-state index in [4.69, 9.17) is 9.84 Å². The van der Waals surface area contributed by atoms with Crippen LogP contribution < -0.4 is 0 Å². The predicted octanol–water partition coefficient (Wildman–Crippen LogP) is 6.04. The van der Waals surface area contributed by atoms with Gasteiger partial charge in [0.25, 0.3) is 0 Å². The zero-order valence-corrected chi connectivity index (χ0v) is 16.1. The molecule has 4 nitrogen and oxygen atoms in total. The van der Waals surface area contributed by atoms with Crippen LogP contribution in [-0.4, -0.2) is 23.7 Å². The van der Waals surface area contributed by atoms with Crippen LogP contribution in [0.2, 0.25) is 0 Å². The molecule has 0 aromatic rings. The van der Waals surface area contributed by atoms with Gasteiger partial charge in [-0.3, -0.25) is 9.59 Å². The zero-order chi connectivity index (χ0) is 18.6. The Bertz CT molecular complexity index is 350. The molecule has 0 radical (unpaired) electrons. The minimum atomic E-state index is -0.680. The summed E-state index contributed by atoms with van der Waals surface area (Å²) < 4.78 is 5.05. The molecule has 0 amide bonds. The number of carboxylic acids is 1. The lowest BCUT2D eigenvalue weighted by Crippen LogP contribution is -2.03. The smallest absolute Gasteiger partial charge is 0.305 e. The number of esters is 1. The second-order valence-corrected chi connectivity index (χ2v) is 6.66. The van der Waals surface area contributed by atoms with E-state index in [1.807, 2.05) is 6.92 Å². The van der Waals surface area contributed by atoms with E-state index in [1.54, 1.807) is 0 Å². The molecule has 0 bridgehead atoms. The second kappa shape index (κ2) is 19.0. The van der Waals surface area contributed by atoms with Crippen molar-refractivity contribution < 1.29 is 19.4 Å². The van der Waals surface area contributed by atoms with Gasteiger partial charge in [-0.05, 0) is 38.5 Å². The van der Waals surface area contributed by atoms with Crippen LogP contribution in [0.25, 0.3) is 0 Å². The summed E-state index contributed by atoms with van der Waals surface area (Å²) >= 11 is 0. The first-order valence-electron chi connectivity index (χ1n) is 10.2. The molecule has 0 atom stereocenters. The van der Waals surface area contributed by atoms with Gasteiger partial charge in [-0.25, -0.2) is 0 Å². The molecule has 0 saturated carbocycles. The van der Waals surface area contributed by atoms with Gasteiger partial charge in [0.15, 0.2) is 0 Å². The molecule has 0 heterocycles. The lowest BCUT2D eigenvalue weighted by Gasteiger charge is -2.03. The van der Waals surface area contributed by atoms with Crippen molar-refractivity contribution in [3.8, 4) is 0 Å². The quantitative estimate of drug-likeness (QED) is 0.185. The summed E-state index contributed by atoms with van der Waals surface area (Å²) in [6, 6.07) is 0. The Morgan fingerprint density at radius 2 is 1.24 bits per heavy atom. The molecule has 0 fully saturated rings. The molecule has 0 rings (SSSR count). The lowest BCUT2D eigenvalue weighted by molar-refractivity contribution is -0.143. The number of ether oxygens (including phenoxy) is 1. The number of carbonyl (C=O) groups is 2. The summed E-state index contributed by atoms with van der Waals surface area (Å²) in [7, 11) is 0. The van der Waals surface area contributed by atoms with E-state index in [-0.39, 0.29) is 5.97 Å². The number of carboxylic acid groups (broad SMARTS) is 1. The summed E-state index contributed by atoms with van der Waals surface area (Å²) in [5.74, 6) is -0.773. The first-order chi connectivity index (χ1) is 12.2. The van der Waals surface area contributed by atoms with Crippen molar-refractivity contribution in [1.82, 2.24) is 0 Å². The molecule has 0 aliphatic carbocycles. The van der Waals surface area contributed by atoms with Crippen LogP contribution in [0.5, 0.6) is 0 Å². The van der Waals surface area contributed by atoms with Crippen molar-refractivity contribution >= 4 is 11.9 Å². The fourth-order valence-corrected chi connectivity index (χ4v) is 2.66. The Labute approximate surface area is 154 Å². The van der Waals surface area contributed by atoms with E-state index in [9.17, 15) is 9.59 Å². The normalized spacial score (nSPS) is 11.1. The van der Waals surface area contributed by atoms with Gasteiger partial charge in [-0.2, -0.15) is 0 Å². The third kappa shape index (κ3) is 20.6. The Morgan fingerprint density at radius 3 is 1.76 bits per heavy atom. The lowest BCUT2D eigenvalue weighted by atomic mass is 10.1. The SMILES string of the molecule is CCC(=O)OCCCCCCCCC=CCCCCCCCC(=O)O. The third-order valence-corrected chi connectivity index (χ3v) is 4.24. The van der Waals surface area contributed by atoms with Crippen LogP contribution in [0.3, 0.4) is 0 Å². The van der Waals surface area contributed by atoms with Gasteiger partial charge in [0.05, 0.1) is 6.61 Å². The van der Waals surface area contributed by atoms with E-state index in [1.165, 1.54) is 44.9 Å². The van der Waals surface area contributed by atoms with Gasteiger partial charge in [0.1, 0.15) is 0 Å². The van der Waals surface area contributed by atoms with Crippen LogP contribution in [0.1, 0.15) is 103 Å². The minimum absolute atomic E-state index is 0.0926. The number of carbonyl (C=O) groups excluding carboxylic acids is 1. The average molecular weight is 355 g/mol. The second-order valence-electron chi connectivity index (χ2n) is 6.66. The van der Waals surface area contributed by atoms with Gasteiger partial charge in [-0.1, -0.05) is 64.0 Å². The Kier molecular flexibility index (Phi) is 18.0.